The van der Waals surface area contributed by atoms with Crippen LogP contribution >= 0.6 is 0 Å². The van der Waals surface area contributed by atoms with Gasteiger partial charge in [0.2, 0.25) is 0 Å². The van der Waals surface area contributed by atoms with Crippen LogP contribution in [0.2, 0.25) is 0 Å². The minimum Gasteiger partial charge on any atom is -0.403 e. The number of benzene rings is 1. The van der Waals surface area contributed by atoms with E-state index in [1.807, 2.05) is 0 Å². The van der Waals surface area contributed by atoms with E-state index in [-0.39, 0.29) is 16.8 Å². The average molecular weight is 483 g/mol. The van der Waals surface area contributed by atoms with Gasteiger partial charge in [-0.15, -0.1) is 13.2 Å². The van der Waals surface area contributed by atoms with Crippen molar-refractivity contribution in [3.63, 3.8) is 0 Å². The minimum absolute atomic E-state index is 0.0938. The Morgan fingerprint density at radius 1 is 1.18 bits per heavy atom. The normalized spacial score (nSPS) is 15.4. The van der Waals surface area contributed by atoms with Gasteiger partial charge in [0.05, 0.1) is 43.1 Å². The first-order valence-corrected chi connectivity index (χ1v) is 10.3. The summed E-state index contributed by atoms with van der Waals surface area (Å²) < 4.78 is 64.0. The van der Waals surface area contributed by atoms with Crippen molar-refractivity contribution in [2.45, 2.75) is 19.3 Å². The number of nitrogens with zero attached hydrogens (tertiary/aromatic N) is 4. The number of hydrogen-bond donors (Lipinski definition) is 1. The maximum Gasteiger partial charge on any atom is 0.573 e. The van der Waals surface area contributed by atoms with E-state index in [2.05, 4.69) is 15.2 Å². The molecule has 9 nitrogen and oxygen atoms in total. The van der Waals surface area contributed by atoms with Crippen LogP contribution in [0.5, 0.6) is 5.75 Å². The lowest BCUT2D eigenvalue weighted by Crippen LogP contribution is -2.48. The third-order valence-electron chi connectivity index (χ3n) is 5.40. The van der Waals surface area contributed by atoms with Crippen LogP contribution in [0.1, 0.15) is 18.5 Å². The van der Waals surface area contributed by atoms with E-state index in [1.54, 1.807) is 5.01 Å². The highest BCUT2D eigenvalue weighted by atomic mass is 19.4. The molecule has 0 saturated carbocycles. The molecule has 1 N–H and O–H groups in total. The minimum atomic E-state index is -5.05. The molecule has 182 valence electrons. The Bertz CT molecular complexity index is 1330. The summed E-state index contributed by atoms with van der Waals surface area (Å²) in [6.07, 6.45) is -3.58. The number of aryl methyl sites for hydroxylation is 1. The Hall–Kier alpha value is -3.61. The summed E-state index contributed by atoms with van der Waals surface area (Å²) in [4.78, 5) is 25.3. The maximum atomic E-state index is 14.8. The van der Waals surface area contributed by atoms with Gasteiger partial charge in [-0.1, -0.05) is 12.1 Å². The van der Waals surface area contributed by atoms with Gasteiger partial charge < -0.3 is 19.8 Å². The van der Waals surface area contributed by atoms with Crippen LogP contribution in [-0.2, 0) is 11.8 Å². The second-order valence-corrected chi connectivity index (χ2v) is 7.70. The van der Waals surface area contributed by atoms with Gasteiger partial charge in [0.25, 0.3) is 11.1 Å². The molecule has 1 aliphatic rings. The quantitative estimate of drug-likeness (QED) is 0.557. The molecule has 0 aliphatic carbocycles. The molecule has 0 spiro atoms. The fraction of sp³-hybridized carbons (Fsp3) is 0.381. The molecule has 1 aliphatic heterocycles. The lowest BCUT2D eigenvalue weighted by atomic mass is 10.1. The Labute approximate surface area is 190 Å². The van der Waals surface area contributed by atoms with Gasteiger partial charge in [-0.3, -0.25) is 9.59 Å². The number of ether oxygens (including phenoxy) is 2. The number of nitrogens with one attached hydrogen (secondary N) is 1. The van der Waals surface area contributed by atoms with Crippen molar-refractivity contribution in [2.24, 2.45) is 7.05 Å². The van der Waals surface area contributed by atoms with Gasteiger partial charge in [-0.2, -0.15) is 5.10 Å². The molecular weight excluding hydrogens is 462 g/mol. The van der Waals surface area contributed by atoms with Crippen molar-refractivity contribution in [3.05, 3.63) is 62.6 Å². The van der Waals surface area contributed by atoms with Crippen LogP contribution in [0.15, 0.2) is 40.1 Å². The number of aromatic nitrogens is 3. The zero-order valence-corrected chi connectivity index (χ0v) is 18.2. The molecule has 1 fully saturated rings. The summed E-state index contributed by atoms with van der Waals surface area (Å²) in [7, 11) is 1.39. The summed E-state index contributed by atoms with van der Waals surface area (Å²) in [6.45, 7) is 3.29. The molecule has 1 aromatic carbocycles. The third-order valence-corrected chi connectivity index (χ3v) is 5.40. The molecule has 13 heteroatoms. The van der Waals surface area contributed by atoms with Crippen molar-refractivity contribution in [3.8, 4) is 5.75 Å². The van der Waals surface area contributed by atoms with Crippen molar-refractivity contribution in [2.75, 3.05) is 36.6 Å². The van der Waals surface area contributed by atoms with Gasteiger partial charge in [0, 0.05) is 24.9 Å². The zero-order chi connectivity index (χ0) is 24.6. The van der Waals surface area contributed by atoms with Gasteiger partial charge in [-0.05, 0) is 13.0 Å². The number of morpholine rings is 1. The summed E-state index contributed by atoms with van der Waals surface area (Å²) in [6, 6.07) is 3.75. The molecule has 0 bridgehead atoms. The van der Waals surface area contributed by atoms with E-state index in [1.165, 1.54) is 43.0 Å². The molecule has 1 atom stereocenters. The standard InChI is InChI=1S/C21H21F4N5O4/c1-12(13-4-3-5-16(18(13)22)34-21(23,24)25)26-19-15-11-30(29-6-8-33-9-7-29)17(31)10-14(15)20(32)28(2)27-19/h3-5,10-12H,6-9H2,1-2H3,(H,26,27). The smallest absolute Gasteiger partial charge is 0.403 e. The summed E-state index contributed by atoms with van der Waals surface area (Å²) in [5.41, 5.74) is -1.03. The first kappa shape index (κ1) is 23.5. The van der Waals surface area contributed by atoms with Crippen LogP contribution in [0, 0.1) is 5.82 Å². The van der Waals surface area contributed by atoms with Gasteiger partial charge >= 0.3 is 6.36 Å². The zero-order valence-electron chi connectivity index (χ0n) is 18.2. The topological polar surface area (TPSA) is 90.6 Å². The summed E-state index contributed by atoms with van der Waals surface area (Å²) in [5, 5.41) is 9.28. The first-order valence-electron chi connectivity index (χ1n) is 10.3. The molecule has 0 radical (unpaired) electrons. The lowest BCUT2D eigenvalue weighted by Gasteiger charge is -2.30. The Morgan fingerprint density at radius 3 is 2.56 bits per heavy atom. The Morgan fingerprint density at radius 2 is 1.88 bits per heavy atom. The number of alkyl halides is 3. The Kier molecular flexibility index (Phi) is 6.21. The third kappa shape index (κ3) is 4.69. The maximum absolute atomic E-state index is 14.8. The highest BCUT2D eigenvalue weighted by Crippen LogP contribution is 2.31. The second kappa shape index (κ2) is 8.97. The van der Waals surface area contributed by atoms with Crippen molar-refractivity contribution in [1.29, 1.82) is 0 Å². The predicted octanol–water partition coefficient (Wildman–Crippen LogP) is 2.27. The largest absolute Gasteiger partial charge is 0.573 e. The van der Waals surface area contributed by atoms with E-state index < -0.39 is 35.1 Å². The lowest BCUT2D eigenvalue weighted by molar-refractivity contribution is -0.275. The van der Waals surface area contributed by atoms with Crippen LogP contribution in [0.4, 0.5) is 23.4 Å². The van der Waals surface area contributed by atoms with E-state index in [0.717, 1.165) is 10.7 Å². The van der Waals surface area contributed by atoms with E-state index in [4.69, 9.17) is 4.74 Å². The van der Waals surface area contributed by atoms with Gasteiger partial charge in [-0.25, -0.2) is 13.7 Å². The molecule has 4 rings (SSSR count). The van der Waals surface area contributed by atoms with Crippen LogP contribution in [0.3, 0.4) is 0 Å². The molecule has 0 amide bonds. The highest BCUT2D eigenvalue weighted by molar-refractivity contribution is 5.90. The monoisotopic (exact) mass is 483 g/mol. The van der Waals surface area contributed by atoms with Crippen molar-refractivity contribution < 1.29 is 27.0 Å². The number of halogens is 4. The Balaban J connectivity index is 1.76. The van der Waals surface area contributed by atoms with Crippen molar-refractivity contribution in [1.82, 2.24) is 14.5 Å². The number of pyridine rings is 1. The summed E-state index contributed by atoms with van der Waals surface area (Å²) >= 11 is 0. The van der Waals surface area contributed by atoms with Crippen LogP contribution in [-0.4, -0.2) is 47.1 Å². The summed E-state index contributed by atoms with van der Waals surface area (Å²) in [5.74, 6) is -1.99. The van der Waals surface area contributed by atoms with Crippen LogP contribution < -0.4 is 26.2 Å². The second-order valence-electron chi connectivity index (χ2n) is 7.70. The highest BCUT2D eigenvalue weighted by Gasteiger charge is 2.33. The molecule has 34 heavy (non-hydrogen) atoms. The molecule has 3 heterocycles. The number of rotatable bonds is 5. The van der Waals surface area contributed by atoms with Crippen LogP contribution in [0.25, 0.3) is 10.8 Å². The predicted molar refractivity (Wildman–Crippen MR) is 115 cm³/mol. The van der Waals surface area contributed by atoms with E-state index >= 15 is 0 Å². The van der Waals surface area contributed by atoms with E-state index in [9.17, 15) is 27.2 Å². The van der Waals surface area contributed by atoms with Gasteiger partial charge in [0.1, 0.15) is 0 Å². The van der Waals surface area contributed by atoms with Gasteiger partial charge in [0.15, 0.2) is 17.4 Å². The number of anilines is 1. The molecule has 1 unspecified atom stereocenters. The fourth-order valence-corrected chi connectivity index (χ4v) is 3.76. The average Bonchev–Trinajstić information content (AvgIpc) is 2.78. The number of hydrogen-bond acceptors (Lipinski definition) is 7. The van der Waals surface area contributed by atoms with Crippen molar-refractivity contribution >= 4 is 16.6 Å². The fourth-order valence-electron chi connectivity index (χ4n) is 3.76. The molecule has 1 saturated heterocycles. The SMILES string of the molecule is CC(Nc1nn(C)c(=O)c2cc(=O)n(N3CCOCC3)cc12)c1cccc(OC(F)(F)F)c1F. The first-order chi connectivity index (χ1) is 16.0. The molecular formula is C21H21F4N5O4. The molecule has 3 aromatic rings. The molecule has 2 aromatic heterocycles. The van der Waals surface area contributed by atoms with E-state index in [0.29, 0.717) is 31.7 Å². The number of fused-ring (bicyclic) bond motifs is 1.